The SMILES string of the molecule is CC.CC.CC1(C)OB(c2ccc(OC3CCOC3)cc2)OC1(C)C. The predicted octanol–water partition coefficient (Wildman–Crippen LogP) is 4.21. The Bertz CT molecular complexity index is 477. The van der Waals surface area contributed by atoms with Gasteiger partial charge < -0.3 is 18.8 Å². The van der Waals surface area contributed by atoms with Gasteiger partial charge in [0.05, 0.1) is 24.4 Å². The van der Waals surface area contributed by atoms with Crippen molar-refractivity contribution in [2.24, 2.45) is 0 Å². The first-order valence-corrected chi connectivity index (χ1v) is 9.57. The highest BCUT2D eigenvalue weighted by molar-refractivity contribution is 6.62. The van der Waals surface area contributed by atoms with E-state index in [1.807, 2.05) is 52.0 Å². The summed E-state index contributed by atoms with van der Waals surface area (Å²) in [4.78, 5) is 0. The van der Waals surface area contributed by atoms with E-state index in [4.69, 9.17) is 18.8 Å². The minimum Gasteiger partial charge on any atom is -0.488 e. The number of ether oxygens (including phenoxy) is 2. The lowest BCUT2D eigenvalue weighted by molar-refractivity contribution is 0.00578. The van der Waals surface area contributed by atoms with Gasteiger partial charge in [-0.25, -0.2) is 0 Å². The summed E-state index contributed by atoms with van der Waals surface area (Å²) in [5, 5.41) is 0. The molecule has 2 aliphatic heterocycles. The van der Waals surface area contributed by atoms with Gasteiger partial charge in [-0.05, 0) is 45.3 Å². The summed E-state index contributed by atoms with van der Waals surface area (Å²) in [6.07, 6.45) is 1.13. The highest BCUT2D eigenvalue weighted by Gasteiger charge is 2.51. The summed E-state index contributed by atoms with van der Waals surface area (Å²) < 4.78 is 23.3. The van der Waals surface area contributed by atoms with Gasteiger partial charge in [0.1, 0.15) is 11.9 Å². The molecule has 2 aliphatic rings. The van der Waals surface area contributed by atoms with Crippen molar-refractivity contribution >= 4 is 12.6 Å². The molecule has 2 heterocycles. The first kappa shape index (κ1) is 22.0. The molecule has 2 fully saturated rings. The molecule has 0 bridgehead atoms. The molecule has 25 heavy (non-hydrogen) atoms. The second-order valence-electron chi connectivity index (χ2n) is 6.76. The number of hydrogen-bond acceptors (Lipinski definition) is 4. The first-order chi connectivity index (χ1) is 11.9. The molecule has 1 atom stereocenters. The fourth-order valence-electron chi connectivity index (χ4n) is 2.48. The van der Waals surface area contributed by atoms with E-state index in [-0.39, 0.29) is 24.4 Å². The molecule has 0 aliphatic carbocycles. The third-order valence-electron chi connectivity index (χ3n) is 4.60. The summed E-state index contributed by atoms with van der Waals surface area (Å²) in [6.45, 7) is 17.7. The Morgan fingerprint density at radius 2 is 1.44 bits per heavy atom. The van der Waals surface area contributed by atoms with Gasteiger partial charge in [-0.1, -0.05) is 39.8 Å². The van der Waals surface area contributed by atoms with Crippen LogP contribution in [0.15, 0.2) is 24.3 Å². The molecular weight excluding hydrogens is 315 g/mol. The maximum atomic E-state index is 6.04. The fraction of sp³-hybridized carbons (Fsp3) is 0.700. The molecule has 0 aromatic heterocycles. The standard InChI is InChI=1S/C16H23BO4.2C2H6/c1-15(2)16(3,4)21-17(20-15)12-5-7-13(8-6-12)19-14-9-10-18-11-14;2*1-2/h5-8,14H,9-11H2,1-4H3;2*1-2H3. The monoisotopic (exact) mass is 350 g/mol. The molecule has 0 amide bonds. The molecule has 0 N–H and O–H groups in total. The van der Waals surface area contributed by atoms with Gasteiger partial charge in [-0.15, -0.1) is 0 Å². The number of rotatable bonds is 3. The molecule has 2 saturated heterocycles. The van der Waals surface area contributed by atoms with Crippen molar-refractivity contribution < 1.29 is 18.8 Å². The lowest BCUT2D eigenvalue weighted by atomic mass is 9.79. The van der Waals surface area contributed by atoms with Crippen LogP contribution in [0.4, 0.5) is 0 Å². The molecule has 1 unspecified atom stereocenters. The van der Waals surface area contributed by atoms with Crippen molar-refractivity contribution in [1.29, 1.82) is 0 Å². The summed E-state index contributed by atoms with van der Waals surface area (Å²) in [6, 6.07) is 7.96. The van der Waals surface area contributed by atoms with Crippen LogP contribution in [0.2, 0.25) is 0 Å². The molecule has 0 spiro atoms. The summed E-state index contributed by atoms with van der Waals surface area (Å²) >= 11 is 0. The smallest absolute Gasteiger partial charge is 0.488 e. The van der Waals surface area contributed by atoms with E-state index in [1.54, 1.807) is 0 Å². The largest absolute Gasteiger partial charge is 0.494 e. The van der Waals surface area contributed by atoms with Crippen LogP contribution in [0, 0.1) is 0 Å². The van der Waals surface area contributed by atoms with E-state index in [1.165, 1.54) is 0 Å². The molecule has 0 radical (unpaired) electrons. The van der Waals surface area contributed by atoms with Crippen molar-refractivity contribution in [2.75, 3.05) is 13.2 Å². The Kier molecular flexibility index (Phi) is 8.45. The normalized spacial score (nSPS) is 23.2. The average molecular weight is 350 g/mol. The zero-order valence-electron chi connectivity index (χ0n) is 17.2. The zero-order valence-corrected chi connectivity index (χ0v) is 17.2. The summed E-state index contributed by atoms with van der Waals surface area (Å²) in [5.41, 5.74) is 0.394. The lowest BCUT2D eigenvalue weighted by Gasteiger charge is -2.32. The highest BCUT2D eigenvalue weighted by atomic mass is 16.7. The van der Waals surface area contributed by atoms with Gasteiger partial charge in [0.15, 0.2) is 0 Å². The molecule has 4 nitrogen and oxygen atoms in total. The van der Waals surface area contributed by atoms with E-state index in [0.29, 0.717) is 6.61 Å². The van der Waals surface area contributed by atoms with Gasteiger partial charge in [0.25, 0.3) is 0 Å². The quantitative estimate of drug-likeness (QED) is 0.766. The van der Waals surface area contributed by atoms with Crippen molar-refractivity contribution in [3.63, 3.8) is 0 Å². The minimum absolute atomic E-state index is 0.174. The molecule has 5 heteroatoms. The third kappa shape index (κ3) is 5.47. The van der Waals surface area contributed by atoms with Gasteiger partial charge in [-0.3, -0.25) is 0 Å². The second kappa shape index (κ2) is 9.60. The molecule has 142 valence electrons. The number of benzene rings is 1. The van der Waals surface area contributed by atoms with E-state index in [9.17, 15) is 0 Å². The number of hydrogen-bond donors (Lipinski definition) is 0. The highest BCUT2D eigenvalue weighted by Crippen LogP contribution is 2.36. The van der Waals surface area contributed by atoms with Gasteiger partial charge in [0, 0.05) is 6.42 Å². The Balaban J connectivity index is 0.000000730. The van der Waals surface area contributed by atoms with Crippen LogP contribution >= 0.6 is 0 Å². The maximum absolute atomic E-state index is 6.04. The Hall–Kier alpha value is -1.04. The van der Waals surface area contributed by atoms with E-state index >= 15 is 0 Å². The minimum atomic E-state index is -0.320. The van der Waals surface area contributed by atoms with Gasteiger partial charge in [0.2, 0.25) is 0 Å². The van der Waals surface area contributed by atoms with E-state index in [0.717, 1.165) is 24.2 Å². The van der Waals surface area contributed by atoms with Crippen molar-refractivity contribution in [2.45, 2.75) is 79.1 Å². The fourth-order valence-corrected chi connectivity index (χ4v) is 2.48. The lowest BCUT2D eigenvalue weighted by Crippen LogP contribution is -2.41. The zero-order chi connectivity index (χ0) is 19.1. The Morgan fingerprint density at radius 3 is 1.88 bits per heavy atom. The average Bonchev–Trinajstić information content (AvgIpc) is 3.18. The predicted molar refractivity (Wildman–Crippen MR) is 105 cm³/mol. The van der Waals surface area contributed by atoms with Crippen LogP contribution in [-0.4, -0.2) is 37.6 Å². The van der Waals surface area contributed by atoms with Crippen molar-refractivity contribution in [3.8, 4) is 5.75 Å². The Morgan fingerprint density at radius 1 is 0.920 bits per heavy atom. The van der Waals surface area contributed by atoms with Crippen LogP contribution in [-0.2, 0) is 14.0 Å². The second-order valence-corrected chi connectivity index (χ2v) is 6.76. The van der Waals surface area contributed by atoms with Gasteiger partial charge >= 0.3 is 7.12 Å². The first-order valence-electron chi connectivity index (χ1n) is 9.57. The third-order valence-corrected chi connectivity index (χ3v) is 4.60. The van der Waals surface area contributed by atoms with E-state index < -0.39 is 0 Å². The molecule has 1 aromatic carbocycles. The maximum Gasteiger partial charge on any atom is 0.494 e. The van der Waals surface area contributed by atoms with Crippen LogP contribution in [0.3, 0.4) is 0 Å². The van der Waals surface area contributed by atoms with Gasteiger partial charge in [-0.2, -0.15) is 0 Å². The topological polar surface area (TPSA) is 36.9 Å². The summed E-state index contributed by atoms with van der Waals surface area (Å²) in [5.74, 6) is 0.866. The molecule has 0 saturated carbocycles. The van der Waals surface area contributed by atoms with Crippen LogP contribution in [0.25, 0.3) is 0 Å². The molecular formula is C20H35BO4. The molecule has 1 aromatic rings. The van der Waals surface area contributed by atoms with Crippen LogP contribution in [0.1, 0.15) is 61.8 Å². The summed E-state index contributed by atoms with van der Waals surface area (Å²) in [7, 11) is -0.320. The van der Waals surface area contributed by atoms with Crippen LogP contribution in [0.5, 0.6) is 5.75 Å². The Labute approximate surface area is 154 Å². The van der Waals surface area contributed by atoms with E-state index in [2.05, 4.69) is 27.7 Å². The molecule has 3 rings (SSSR count). The van der Waals surface area contributed by atoms with Crippen molar-refractivity contribution in [1.82, 2.24) is 0 Å². The van der Waals surface area contributed by atoms with Crippen LogP contribution < -0.4 is 10.2 Å². The van der Waals surface area contributed by atoms with Crippen molar-refractivity contribution in [3.05, 3.63) is 24.3 Å².